The molecule has 0 aliphatic heterocycles. The smallest absolute Gasteiger partial charge is 0.337 e. The van der Waals surface area contributed by atoms with Crippen LogP contribution in [0, 0.1) is 22.7 Å². The van der Waals surface area contributed by atoms with Crippen molar-refractivity contribution >= 4 is 39.6 Å². The van der Waals surface area contributed by atoms with Gasteiger partial charge < -0.3 is 14.8 Å². The molecule has 0 aliphatic rings. The highest BCUT2D eigenvalue weighted by atomic mass is 79.9. The Bertz CT molecular complexity index is 1340. The summed E-state index contributed by atoms with van der Waals surface area (Å²) in [5.41, 5.74) is 2.35. The average Bonchev–Trinajstić information content (AvgIpc) is 2.86. The number of carbonyl (C=O) groups excluding carboxylic acids is 2. The lowest BCUT2D eigenvalue weighted by Gasteiger charge is -2.11. The first-order valence-corrected chi connectivity index (χ1v) is 10.8. The zero-order valence-corrected chi connectivity index (χ0v) is 19.6. The predicted molar refractivity (Wildman–Crippen MR) is 130 cm³/mol. The molecule has 0 atom stereocenters. The molecule has 7 nitrogen and oxygen atoms in total. The molecule has 0 bridgehead atoms. The molecule has 3 aromatic rings. The summed E-state index contributed by atoms with van der Waals surface area (Å²) in [7, 11) is 1.28. The number of nitriles is 2. The SMILES string of the molecule is COC(=O)c1ccc(NC(=O)/C(C#N)=C/c2cc(Br)ccc2OCc2ccccc2C#N)cc1. The molecule has 0 saturated heterocycles. The standard InChI is InChI=1S/C26H18BrN3O4/c1-33-26(32)17-6-9-23(10-7-17)30-25(31)21(15-29)12-20-13-22(27)8-11-24(20)34-16-19-5-3-2-4-18(19)14-28/h2-13H,16H2,1H3,(H,30,31)/b21-12+. The van der Waals surface area contributed by atoms with Crippen molar-refractivity contribution in [1.29, 1.82) is 10.5 Å². The van der Waals surface area contributed by atoms with Crippen molar-refractivity contribution in [3.05, 3.63) is 99.0 Å². The summed E-state index contributed by atoms with van der Waals surface area (Å²) in [4.78, 5) is 24.3. The van der Waals surface area contributed by atoms with E-state index in [1.54, 1.807) is 48.5 Å². The number of nitrogens with zero attached hydrogens (tertiary/aromatic N) is 2. The molecule has 0 spiro atoms. The zero-order chi connectivity index (χ0) is 24.5. The van der Waals surface area contributed by atoms with Gasteiger partial charge in [0.2, 0.25) is 0 Å². The van der Waals surface area contributed by atoms with Gasteiger partial charge in [-0.15, -0.1) is 0 Å². The van der Waals surface area contributed by atoms with Crippen molar-refractivity contribution in [2.45, 2.75) is 6.61 Å². The number of benzene rings is 3. The molecular formula is C26H18BrN3O4. The molecular weight excluding hydrogens is 498 g/mol. The first kappa shape index (κ1) is 24.2. The Morgan fingerprint density at radius 2 is 1.79 bits per heavy atom. The molecule has 3 rings (SSSR count). The molecule has 0 aliphatic carbocycles. The van der Waals surface area contributed by atoms with Crippen LogP contribution in [0.3, 0.4) is 0 Å². The number of hydrogen-bond acceptors (Lipinski definition) is 6. The average molecular weight is 516 g/mol. The van der Waals surface area contributed by atoms with E-state index in [1.807, 2.05) is 12.1 Å². The van der Waals surface area contributed by atoms with Crippen molar-refractivity contribution in [3.8, 4) is 17.9 Å². The lowest BCUT2D eigenvalue weighted by molar-refractivity contribution is -0.112. The van der Waals surface area contributed by atoms with Crippen LogP contribution < -0.4 is 10.1 Å². The van der Waals surface area contributed by atoms with E-state index in [0.29, 0.717) is 28.1 Å². The van der Waals surface area contributed by atoms with Gasteiger partial charge in [-0.25, -0.2) is 4.79 Å². The second-order valence-corrected chi connectivity index (χ2v) is 7.85. The van der Waals surface area contributed by atoms with E-state index in [2.05, 4.69) is 32.1 Å². The van der Waals surface area contributed by atoms with Crippen molar-refractivity contribution in [3.63, 3.8) is 0 Å². The third kappa shape index (κ3) is 6.10. The van der Waals surface area contributed by atoms with Gasteiger partial charge in [-0.05, 0) is 54.6 Å². The molecule has 8 heteroatoms. The summed E-state index contributed by atoms with van der Waals surface area (Å²) in [6, 6.07) is 22.4. The molecule has 0 radical (unpaired) electrons. The minimum atomic E-state index is -0.617. The zero-order valence-electron chi connectivity index (χ0n) is 18.0. The summed E-state index contributed by atoms with van der Waals surface area (Å²) in [6.07, 6.45) is 1.43. The third-order valence-electron chi connectivity index (χ3n) is 4.72. The Hall–Kier alpha value is -4.40. The monoisotopic (exact) mass is 515 g/mol. The minimum Gasteiger partial charge on any atom is -0.488 e. The van der Waals surface area contributed by atoms with Crippen LogP contribution in [0.4, 0.5) is 5.69 Å². The number of carbonyl (C=O) groups is 2. The van der Waals surface area contributed by atoms with Gasteiger partial charge in [0.1, 0.15) is 24.0 Å². The summed E-state index contributed by atoms with van der Waals surface area (Å²) in [6.45, 7) is 0.146. The molecule has 0 aromatic heterocycles. The normalized spacial score (nSPS) is 10.5. The topological polar surface area (TPSA) is 112 Å². The largest absolute Gasteiger partial charge is 0.488 e. The van der Waals surface area contributed by atoms with Crippen molar-refractivity contribution in [1.82, 2.24) is 0 Å². The molecule has 1 N–H and O–H groups in total. The predicted octanol–water partition coefficient (Wildman–Crippen LogP) is 5.23. The first-order valence-electron chi connectivity index (χ1n) is 9.97. The van der Waals surface area contributed by atoms with Crippen LogP contribution in [0.1, 0.15) is 27.0 Å². The number of methoxy groups -OCH3 is 1. The van der Waals surface area contributed by atoms with E-state index in [9.17, 15) is 20.1 Å². The van der Waals surface area contributed by atoms with Gasteiger partial charge in [0.05, 0.1) is 24.3 Å². The number of hydrogen-bond donors (Lipinski definition) is 1. The highest BCUT2D eigenvalue weighted by Crippen LogP contribution is 2.27. The van der Waals surface area contributed by atoms with Crippen LogP contribution in [0.5, 0.6) is 5.75 Å². The number of esters is 1. The Kier molecular flexibility index (Phi) is 8.17. The van der Waals surface area contributed by atoms with Crippen LogP contribution >= 0.6 is 15.9 Å². The number of rotatable bonds is 7. The lowest BCUT2D eigenvalue weighted by Crippen LogP contribution is -2.13. The summed E-state index contributed by atoms with van der Waals surface area (Å²) < 4.78 is 11.3. The van der Waals surface area contributed by atoms with Gasteiger partial charge in [0.15, 0.2) is 0 Å². The summed E-state index contributed by atoms with van der Waals surface area (Å²) >= 11 is 3.39. The van der Waals surface area contributed by atoms with E-state index in [-0.39, 0.29) is 12.2 Å². The van der Waals surface area contributed by atoms with Gasteiger partial charge in [-0.3, -0.25) is 4.79 Å². The molecule has 0 fully saturated rings. The van der Waals surface area contributed by atoms with E-state index in [4.69, 9.17) is 4.74 Å². The molecule has 0 heterocycles. The van der Waals surface area contributed by atoms with Crippen molar-refractivity contribution in [2.24, 2.45) is 0 Å². The lowest BCUT2D eigenvalue weighted by atomic mass is 10.1. The molecule has 168 valence electrons. The van der Waals surface area contributed by atoms with Gasteiger partial charge in [-0.2, -0.15) is 10.5 Å². The second-order valence-electron chi connectivity index (χ2n) is 6.93. The fourth-order valence-electron chi connectivity index (χ4n) is 2.98. The molecule has 34 heavy (non-hydrogen) atoms. The van der Waals surface area contributed by atoms with Crippen molar-refractivity contribution in [2.75, 3.05) is 12.4 Å². The highest BCUT2D eigenvalue weighted by molar-refractivity contribution is 9.10. The summed E-state index contributed by atoms with van der Waals surface area (Å²) in [5, 5.41) is 21.5. The Morgan fingerprint density at radius 3 is 2.47 bits per heavy atom. The number of anilines is 1. The molecule has 0 saturated carbocycles. The second kappa shape index (κ2) is 11.5. The number of ether oxygens (including phenoxy) is 2. The van der Waals surface area contributed by atoms with Crippen LogP contribution in [-0.4, -0.2) is 19.0 Å². The minimum absolute atomic E-state index is 0.141. The van der Waals surface area contributed by atoms with Crippen LogP contribution in [-0.2, 0) is 16.1 Å². The van der Waals surface area contributed by atoms with Crippen LogP contribution in [0.15, 0.2) is 76.8 Å². The van der Waals surface area contributed by atoms with Crippen LogP contribution in [0.2, 0.25) is 0 Å². The van der Waals surface area contributed by atoms with E-state index in [0.717, 1.165) is 10.0 Å². The van der Waals surface area contributed by atoms with E-state index >= 15 is 0 Å². The fraction of sp³-hybridized carbons (Fsp3) is 0.0769. The maximum atomic E-state index is 12.7. The molecule has 0 unspecified atom stereocenters. The number of amides is 1. The van der Waals surface area contributed by atoms with Gasteiger partial charge in [0, 0.05) is 21.3 Å². The quantitative estimate of drug-likeness (QED) is 0.261. The maximum absolute atomic E-state index is 12.7. The highest BCUT2D eigenvalue weighted by Gasteiger charge is 2.13. The van der Waals surface area contributed by atoms with E-state index < -0.39 is 11.9 Å². The van der Waals surface area contributed by atoms with Crippen LogP contribution in [0.25, 0.3) is 6.08 Å². The Balaban J connectivity index is 1.81. The summed E-state index contributed by atoms with van der Waals surface area (Å²) in [5.74, 6) is -0.664. The van der Waals surface area contributed by atoms with Gasteiger partial charge in [0.25, 0.3) is 5.91 Å². The van der Waals surface area contributed by atoms with Gasteiger partial charge >= 0.3 is 5.97 Å². The third-order valence-corrected chi connectivity index (χ3v) is 5.21. The molecule has 3 aromatic carbocycles. The number of nitrogens with one attached hydrogen (secondary N) is 1. The van der Waals surface area contributed by atoms with E-state index in [1.165, 1.54) is 25.3 Å². The fourth-order valence-corrected chi connectivity index (χ4v) is 3.36. The Labute approximate surface area is 205 Å². The molecule has 1 amide bonds. The number of halogens is 1. The first-order chi connectivity index (χ1) is 16.4. The maximum Gasteiger partial charge on any atom is 0.337 e. The van der Waals surface area contributed by atoms with Crippen molar-refractivity contribution < 1.29 is 19.1 Å². The van der Waals surface area contributed by atoms with Gasteiger partial charge in [-0.1, -0.05) is 34.1 Å². The Morgan fingerprint density at radius 1 is 1.06 bits per heavy atom.